The molecule has 0 atom stereocenters. The lowest BCUT2D eigenvalue weighted by Gasteiger charge is -2.10. The van der Waals surface area contributed by atoms with Crippen LogP contribution in [0.4, 0.5) is 0 Å². The lowest BCUT2D eigenvalue weighted by Crippen LogP contribution is -1.89. The molecule has 0 radical (unpaired) electrons. The van der Waals surface area contributed by atoms with Crippen molar-refractivity contribution in [2.45, 2.75) is 19.8 Å². The monoisotopic (exact) mass is 354 g/mol. The molecular weight excluding hydrogens is 348 g/mol. The van der Waals surface area contributed by atoms with Crippen LogP contribution in [-0.4, -0.2) is 0 Å². The Kier molecular flexibility index (Phi) is 3.80. The Hall–Kier alpha value is 0.660. The molecule has 0 spiro atoms. The van der Waals surface area contributed by atoms with Gasteiger partial charge in [-0.25, -0.2) is 0 Å². The third-order valence-corrected chi connectivity index (χ3v) is 4.14. The second-order valence-corrected chi connectivity index (χ2v) is 5.51. The Morgan fingerprint density at radius 3 is 2.17 bits per heavy atom. The van der Waals surface area contributed by atoms with E-state index in [1.807, 2.05) is 6.07 Å². The number of rotatable bonds is 1. The third kappa shape index (κ3) is 2.33. The summed E-state index contributed by atoms with van der Waals surface area (Å²) < 4.78 is 3.36. The Morgan fingerprint density at radius 1 is 1.08 bits per heavy atom. The minimum Gasteiger partial charge on any atom is -0.0586 e. The Labute approximate surface area is 98.1 Å². The van der Waals surface area contributed by atoms with Crippen LogP contribution in [0.2, 0.25) is 0 Å². The van der Waals surface area contributed by atoms with Gasteiger partial charge in [-0.2, -0.15) is 0 Å². The summed E-state index contributed by atoms with van der Waals surface area (Å²) in [5, 5.41) is 0. The summed E-state index contributed by atoms with van der Waals surface area (Å²) >= 11 is 10.5. The van der Waals surface area contributed by atoms with Crippen LogP contribution in [0.5, 0.6) is 0 Å². The molecule has 0 heterocycles. The van der Waals surface area contributed by atoms with Crippen LogP contribution in [0, 0.1) is 0 Å². The molecule has 0 fully saturated rings. The first-order valence-corrected chi connectivity index (χ1v) is 6.04. The van der Waals surface area contributed by atoms with Gasteiger partial charge in [-0.15, -0.1) is 0 Å². The fourth-order valence-corrected chi connectivity index (χ4v) is 2.94. The molecule has 0 aliphatic heterocycles. The first-order valence-electron chi connectivity index (χ1n) is 3.67. The molecule has 0 N–H and O–H groups in total. The van der Waals surface area contributed by atoms with Gasteiger partial charge in [-0.3, -0.25) is 0 Å². The van der Waals surface area contributed by atoms with Gasteiger partial charge in [-0.05, 0) is 55.5 Å². The Bertz CT molecular complexity index is 292. The van der Waals surface area contributed by atoms with Crippen molar-refractivity contribution in [2.24, 2.45) is 0 Å². The van der Waals surface area contributed by atoms with E-state index in [4.69, 9.17) is 0 Å². The highest BCUT2D eigenvalue weighted by Gasteiger charge is 2.08. The minimum atomic E-state index is 0.535. The van der Waals surface area contributed by atoms with E-state index in [1.165, 1.54) is 5.56 Å². The normalized spacial score (nSPS) is 10.8. The maximum absolute atomic E-state index is 3.55. The number of hydrogen-bond acceptors (Lipinski definition) is 0. The smallest absolute Gasteiger partial charge is 0.0352 e. The van der Waals surface area contributed by atoms with Gasteiger partial charge in [0.2, 0.25) is 0 Å². The molecule has 1 aromatic carbocycles. The molecule has 0 aromatic heterocycles. The van der Waals surface area contributed by atoms with Crippen LogP contribution in [0.15, 0.2) is 25.6 Å². The van der Waals surface area contributed by atoms with Crippen LogP contribution in [0.1, 0.15) is 25.3 Å². The summed E-state index contributed by atoms with van der Waals surface area (Å²) in [5.41, 5.74) is 1.32. The zero-order chi connectivity index (χ0) is 9.30. The van der Waals surface area contributed by atoms with E-state index in [2.05, 4.69) is 67.7 Å². The largest absolute Gasteiger partial charge is 0.0586 e. The predicted octanol–water partition coefficient (Wildman–Crippen LogP) is 5.10. The molecule has 0 bridgehead atoms. The van der Waals surface area contributed by atoms with Crippen molar-refractivity contribution in [3.05, 3.63) is 31.1 Å². The van der Waals surface area contributed by atoms with E-state index >= 15 is 0 Å². The van der Waals surface area contributed by atoms with Gasteiger partial charge < -0.3 is 0 Å². The van der Waals surface area contributed by atoms with Crippen molar-refractivity contribution in [1.82, 2.24) is 0 Å². The summed E-state index contributed by atoms with van der Waals surface area (Å²) in [6.45, 7) is 4.36. The van der Waals surface area contributed by atoms with Gasteiger partial charge >= 0.3 is 0 Å². The van der Waals surface area contributed by atoms with Crippen molar-refractivity contribution in [3.8, 4) is 0 Å². The van der Waals surface area contributed by atoms with Gasteiger partial charge in [0.25, 0.3) is 0 Å². The van der Waals surface area contributed by atoms with Gasteiger partial charge in [-0.1, -0.05) is 29.8 Å². The summed E-state index contributed by atoms with van der Waals surface area (Å²) in [4.78, 5) is 0. The Morgan fingerprint density at radius 2 is 1.67 bits per heavy atom. The van der Waals surface area contributed by atoms with E-state index in [1.54, 1.807) is 0 Å². The fourth-order valence-electron chi connectivity index (χ4n) is 0.996. The molecule has 12 heavy (non-hydrogen) atoms. The molecule has 66 valence electrons. The molecule has 1 aromatic rings. The lowest BCUT2D eigenvalue weighted by molar-refractivity contribution is 0.858. The molecule has 0 unspecified atom stereocenters. The quantitative estimate of drug-likeness (QED) is 0.614. The average molecular weight is 357 g/mol. The zero-order valence-corrected chi connectivity index (χ0v) is 11.6. The van der Waals surface area contributed by atoms with Crippen molar-refractivity contribution in [1.29, 1.82) is 0 Å². The second kappa shape index (κ2) is 4.25. The summed E-state index contributed by atoms with van der Waals surface area (Å²) in [6, 6.07) is 4.18. The van der Waals surface area contributed by atoms with Crippen LogP contribution in [0.25, 0.3) is 0 Å². The first kappa shape index (κ1) is 10.7. The van der Waals surface area contributed by atoms with E-state index in [0.717, 1.165) is 13.4 Å². The van der Waals surface area contributed by atoms with E-state index in [9.17, 15) is 0 Å². The molecule has 3 heteroatoms. The molecule has 0 amide bonds. The maximum Gasteiger partial charge on any atom is 0.0352 e. The standard InChI is InChI=1S/C9H9Br3/c1-5(2)7-3-6(10)4-8(11)9(7)12/h3-5H,1-2H3. The highest BCUT2D eigenvalue weighted by atomic mass is 79.9. The van der Waals surface area contributed by atoms with Gasteiger partial charge in [0, 0.05) is 13.4 Å². The molecule has 0 aliphatic rings. The molecular formula is C9H9Br3. The van der Waals surface area contributed by atoms with E-state index in [0.29, 0.717) is 5.92 Å². The van der Waals surface area contributed by atoms with Crippen LogP contribution in [-0.2, 0) is 0 Å². The lowest BCUT2D eigenvalue weighted by atomic mass is 10.0. The number of benzene rings is 1. The van der Waals surface area contributed by atoms with Crippen molar-refractivity contribution in [2.75, 3.05) is 0 Å². The predicted molar refractivity (Wildman–Crippen MR) is 63.6 cm³/mol. The number of halogens is 3. The van der Waals surface area contributed by atoms with Crippen LogP contribution in [0.3, 0.4) is 0 Å². The fraction of sp³-hybridized carbons (Fsp3) is 0.333. The maximum atomic E-state index is 3.55. The average Bonchev–Trinajstić information content (AvgIpc) is 1.96. The van der Waals surface area contributed by atoms with Crippen molar-refractivity contribution < 1.29 is 0 Å². The first-order chi connectivity index (χ1) is 5.52. The Balaban J connectivity index is 3.28. The van der Waals surface area contributed by atoms with Gasteiger partial charge in [0.05, 0.1) is 0 Å². The van der Waals surface area contributed by atoms with Crippen LogP contribution >= 0.6 is 47.8 Å². The summed E-state index contributed by atoms with van der Waals surface area (Å²) in [7, 11) is 0. The van der Waals surface area contributed by atoms with Crippen molar-refractivity contribution >= 4 is 47.8 Å². The summed E-state index contributed by atoms with van der Waals surface area (Å²) in [5.74, 6) is 0.535. The summed E-state index contributed by atoms with van der Waals surface area (Å²) in [6.07, 6.45) is 0. The second-order valence-electron chi connectivity index (χ2n) is 2.95. The topological polar surface area (TPSA) is 0 Å². The van der Waals surface area contributed by atoms with E-state index in [-0.39, 0.29) is 0 Å². The van der Waals surface area contributed by atoms with E-state index < -0.39 is 0 Å². The molecule has 0 nitrogen and oxygen atoms in total. The third-order valence-electron chi connectivity index (χ3n) is 1.64. The van der Waals surface area contributed by atoms with Crippen LogP contribution < -0.4 is 0 Å². The minimum absolute atomic E-state index is 0.535. The van der Waals surface area contributed by atoms with Gasteiger partial charge in [0.15, 0.2) is 0 Å². The van der Waals surface area contributed by atoms with Gasteiger partial charge in [0.1, 0.15) is 0 Å². The zero-order valence-electron chi connectivity index (χ0n) is 6.87. The molecule has 1 rings (SSSR count). The SMILES string of the molecule is CC(C)c1cc(Br)cc(Br)c1Br. The highest BCUT2D eigenvalue weighted by molar-refractivity contribution is 9.13. The molecule has 0 aliphatic carbocycles. The van der Waals surface area contributed by atoms with Crippen molar-refractivity contribution in [3.63, 3.8) is 0 Å². The molecule has 0 saturated heterocycles. The molecule has 0 saturated carbocycles. The highest BCUT2D eigenvalue weighted by Crippen LogP contribution is 2.34. The number of hydrogen-bond donors (Lipinski definition) is 0.